The molecule has 1 aliphatic heterocycles. The van der Waals surface area contributed by atoms with Gasteiger partial charge in [-0.1, -0.05) is 19.1 Å². The van der Waals surface area contributed by atoms with Crippen LogP contribution in [-0.4, -0.2) is 48.7 Å². The van der Waals surface area contributed by atoms with Gasteiger partial charge in [-0.05, 0) is 24.1 Å². The van der Waals surface area contributed by atoms with Gasteiger partial charge >= 0.3 is 6.03 Å². The van der Waals surface area contributed by atoms with Gasteiger partial charge in [0.2, 0.25) is 0 Å². The van der Waals surface area contributed by atoms with Crippen molar-refractivity contribution in [1.29, 1.82) is 0 Å². The predicted molar refractivity (Wildman–Crippen MR) is 79.3 cm³/mol. The molecule has 0 radical (unpaired) electrons. The van der Waals surface area contributed by atoms with Crippen LogP contribution in [0.15, 0.2) is 24.3 Å². The Bertz CT molecular complexity index is 444. The second-order valence-electron chi connectivity index (χ2n) is 5.05. The summed E-state index contributed by atoms with van der Waals surface area (Å²) in [6.45, 7) is 6.05. The van der Waals surface area contributed by atoms with Crippen molar-refractivity contribution in [2.24, 2.45) is 0 Å². The lowest BCUT2D eigenvalue weighted by molar-refractivity contribution is 0.0426. The summed E-state index contributed by atoms with van der Waals surface area (Å²) in [7, 11) is 0. The second-order valence-corrected chi connectivity index (χ2v) is 5.05. The molecule has 0 spiro atoms. The van der Waals surface area contributed by atoms with E-state index in [4.69, 9.17) is 10.5 Å². The molecule has 2 N–H and O–H groups in total. The van der Waals surface area contributed by atoms with Gasteiger partial charge in [0, 0.05) is 31.9 Å². The first kappa shape index (κ1) is 14.7. The summed E-state index contributed by atoms with van der Waals surface area (Å²) in [5.41, 5.74) is 7.60. The highest BCUT2D eigenvalue weighted by molar-refractivity contribution is 5.74. The van der Waals surface area contributed by atoms with Gasteiger partial charge in [0.1, 0.15) is 0 Å². The number of carbonyl (C=O) groups is 1. The number of morpholine rings is 1. The molecular formula is C15H23N3O2. The fraction of sp³-hybridized carbons (Fsp3) is 0.533. The van der Waals surface area contributed by atoms with E-state index in [1.807, 2.05) is 34.1 Å². The number of nitrogens with two attached hydrogens (primary N) is 1. The van der Waals surface area contributed by atoms with Gasteiger partial charge in [-0.15, -0.1) is 0 Å². The Balaban J connectivity index is 2.03. The van der Waals surface area contributed by atoms with Crippen LogP contribution in [0.3, 0.4) is 0 Å². The summed E-state index contributed by atoms with van der Waals surface area (Å²) < 4.78 is 5.29. The lowest BCUT2D eigenvalue weighted by Gasteiger charge is -2.33. The van der Waals surface area contributed by atoms with Crippen molar-refractivity contribution in [2.45, 2.75) is 19.9 Å². The Hall–Kier alpha value is -1.75. The van der Waals surface area contributed by atoms with Gasteiger partial charge in [0.15, 0.2) is 0 Å². The molecule has 5 nitrogen and oxygen atoms in total. The molecule has 2 rings (SSSR count). The van der Waals surface area contributed by atoms with Crippen LogP contribution in [-0.2, 0) is 11.3 Å². The molecule has 0 aromatic heterocycles. The molecule has 0 aliphatic carbocycles. The van der Waals surface area contributed by atoms with Crippen LogP contribution in [0.2, 0.25) is 0 Å². The first-order chi connectivity index (χ1) is 9.70. The SMILES string of the molecule is CCCN(Cc1cccc(N)c1)C(=O)N1CCOCC1. The van der Waals surface area contributed by atoms with Gasteiger partial charge in [-0.2, -0.15) is 0 Å². The third kappa shape index (κ3) is 3.87. The molecule has 1 aromatic rings. The monoisotopic (exact) mass is 277 g/mol. The topological polar surface area (TPSA) is 58.8 Å². The Morgan fingerprint density at radius 3 is 2.80 bits per heavy atom. The number of benzene rings is 1. The van der Waals surface area contributed by atoms with Crippen LogP contribution in [0.1, 0.15) is 18.9 Å². The van der Waals surface area contributed by atoms with Crippen molar-refractivity contribution in [1.82, 2.24) is 9.80 Å². The van der Waals surface area contributed by atoms with E-state index in [9.17, 15) is 4.79 Å². The van der Waals surface area contributed by atoms with E-state index in [2.05, 4.69) is 6.92 Å². The highest BCUT2D eigenvalue weighted by Gasteiger charge is 2.22. The number of hydrogen-bond donors (Lipinski definition) is 1. The van der Waals surface area contributed by atoms with Crippen LogP contribution >= 0.6 is 0 Å². The van der Waals surface area contributed by atoms with Gasteiger partial charge in [-0.25, -0.2) is 4.79 Å². The second kappa shape index (κ2) is 7.14. The smallest absolute Gasteiger partial charge is 0.320 e. The van der Waals surface area contributed by atoms with Gasteiger partial charge in [0.25, 0.3) is 0 Å². The number of amides is 2. The molecule has 1 fully saturated rings. The van der Waals surface area contributed by atoms with Crippen molar-refractivity contribution in [2.75, 3.05) is 38.6 Å². The first-order valence-electron chi connectivity index (χ1n) is 7.16. The summed E-state index contributed by atoms with van der Waals surface area (Å²) in [6.07, 6.45) is 0.943. The zero-order valence-corrected chi connectivity index (χ0v) is 12.0. The quantitative estimate of drug-likeness (QED) is 0.856. The molecule has 5 heteroatoms. The summed E-state index contributed by atoms with van der Waals surface area (Å²) in [5, 5.41) is 0. The predicted octanol–water partition coefficient (Wildman–Crippen LogP) is 1.93. The molecule has 1 heterocycles. The van der Waals surface area contributed by atoms with Gasteiger partial charge in [0.05, 0.1) is 13.2 Å². The van der Waals surface area contributed by atoms with Crippen LogP contribution in [0.5, 0.6) is 0 Å². The highest BCUT2D eigenvalue weighted by atomic mass is 16.5. The molecule has 0 bridgehead atoms. The first-order valence-corrected chi connectivity index (χ1v) is 7.16. The van der Waals surface area contributed by atoms with E-state index in [1.54, 1.807) is 0 Å². The normalized spacial score (nSPS) is 15.2. The summed E-state index contributed by atoms with van der Waals surface area (Å²) >= 11 is 0. The van der Waals surface area contributed by atoms with E-state index >= 15 is 0 Å². The van der Waals surface area contributed by atoms with Crippen molar-refractivity contribution in [3.8, 4) is 0 Å². The summed E-state index contributed by atoms with van der Waals surface area (Å²) in [6, 6.07) is 7.81. The lowest BCUT2D eigenvalue weighted by Crippen LogP contribution is -2.48. The number of carbonyl (C=O) groups excluding carboxylic acids is 1. The number of anilines is 1. The largest absolute Gasteiger partial charge is 0.399 e. The highest BCUT2D eigenvalue weighted by Crippen LogP contribution is 2.12. The van der Waals surface area contributed by atoms with Gasteiger partial charge < -0.3 is 20.3 Å². The number of nitrogen functional groups attached to an aromatic ring is 1. The molecule has 1 aromatic carbocycles. The summed E-state index contributed by atoms with van der Waals surface area (Å²) in [4.78, 5) is 16.3. The van der Waals surface area contributed by atoms with Crippen molar-refractivity contribution in [3.05, 3.63) is 29.8 Å². The standard InChI is InChI=1S/C15H23N3O2/c1-2-6-18(12-13-4-3-5-14(16)11-13)15(19)17-7-9-20-10-8-17/h3-5,11H,2,6-10,12,16H2,1H3. The average Bonchev–Trinajstić information content (AvgIpc) is 2.47. The molecule has 0 unspecified atom stereocenters. The summed E-state index contributed by atoms with van der Waals surface area (Å²) in [5.74, 6) is 0. The zero-order valence-electron chi connectivity index (χ0n) is 12.0. The number of ether oxygens (including phenoxy) is 1. The Morgan fingerprint density at radius 2 is 2.15 bits per heavy atom. The Kier molecular flexibility index (Phi) is 5.24. The van der Waals surface area contributed by atoms with Crippen LogP contribution in [0, 0.1) is 0 Å². The molecule has 20 heavy (non-hydrogen) atoms. The average molecular weight is 277 g/mol. The van der Waals surface area contributed by atoms with E-state index in [0.29, 0.717) is 32.8 Å². The fourth-order valence-corrected chi connectivity index (χ4v) is 2.38. The third-order valence-electron chi connectivity index (χ3n) is 3.37. The zero-order chi connectivity index (χ0) is 14.4. The fourth-order valence-electron chi connectivity index (χ4n) is 2.38. The Labute approximate surface area is 120 Å². The minimum Gasteiger partial charge on any atom is -0.399 e. The van der Waals surface area contributed by atoms with Crippen LogP contribution in [0.4, 0.5) is 10.5 Å². The van der Waals surface area contributed by atoms with Crippen molar-refractivity contribution < 1.29 is 9.53 Å². The molecule has 0 saturated carbocycles. The lowest BCUT2D eigenvalue weighted by atomic mass is 10.2. The minimum absolute atomic E-state index is 0.0950. The van der Waals surface area contributed by atoms with Crippen molar-refractivity contribution in [3.63, 3.8) is 0 Å². The number of rotatable bonds is 4. The van der Waals surface area contributed by atoms with Crippen molar-refractivity contribution >= 4 is 11.7 Å². The van der Waals surface area contributed by atoms with Gasteiger partial charge in [-0.3, -0.25) is 0 Å². The molecule has 1 aliphatic rings. The third-order valence-corrected chi connectivity index (χ3v) is 3.37. The van der Waals surface area contributed by atoms with Crippen LogP contribution in [0.25, 0.3) is 0 Å². The minimum atomic E-state index is 0.0950. The maximum Gasteiger partial charge on any atom is 0.320 e. The molecule has 1 saturated heterocycles. The maximum absolute atomic E-state index is 12.5. The van der Waals surface area contributed by atoms with E-state index in [0.717, 1.165) is 24.2 Å². The molecule has 0 atom stereocenters. The van der Waals surface area contributed by atoms with E-state index in [1.165, 1.54) is 0 Å². The Morgan fingerprint density at radius 1 is 1.40 bits per heavy atom. The van der Waals surface area contributed by atoms with E-state index < -0.39 is 0 Å². The van der Waals surface area contributed by atoms with Crippen LogP contribution < -0.4 is 5.73 Å². The molecule has 110 valence electrons. The number of nitrogens with zero attached hydrogens (tertiary/aromatic N) is 2. The van der Waals surface area contributed by atoms with E-state index in [-0.39, 0.29) is 6.03 Å². The molecular weight excluding hydrogens is 254 g/mol. The number of hydrogen-bond acceptors (Lipinski definition) is 3. The molecule has 2 amide bonds. The number of urea groups is 1. The maximum atomic E-state index is 12.5.